The molecule has 0 aromatic heterocycles. The third-order valence-corrected chi connectivity index (χ3v) is 8.03. The van der Waals surface area contributed by atoms with E-state index in [1.54, 1.807) is 0 Å². The molecule has 1 fully saturated rings. The summed E-state index contributed by atoms with van der Waals surface area (Å²) in [5.74, 6) is -2.10. The fourth-order valence-corrected chi connectivity index (χ4v) is 6.30. The molecule has 0 bridgehead atoms. The first-order chi connectivity index (χ1) is 15.3. The molecule has 6 nitrogen and oxygen atoms in total. The third-order valence-electron chi connectivity index (χ3n) is 6.22. The minimum atomic E-state index is -3.42. The first-order valence-corrected chi connectivity index (χ1v) is 12.9. The van der Waals surface area contributed by atoms with E-state index in [1.807, 2.05) is 12.1 Å². The van der Waals surface area contributed by atoms with Crippen molar-refractivity contribution in [2.45, 2.75) is 58.2 Å². The Morgan fingerprint density at radius 1 is 1.18 bits per heavy atom. The Hall–Kier alpha value is -2.29. The number of Topliss-reactive ketones (excluding diaryl/α,β-unsaturated/α-hetero) is 1. The standard InChI is InChI=1S/C25H33FN2O4S/c1-15(29)20-10-17(11-21(26)23(20)27)8-18-13-33(31,32)14-22(24(18)30)28-12-16-6-5-7-19(9-16)25(2,3)4/h5-7,9-11,18,22,24,28,30H,8,12-14,27H2,1-4H3/t18-,22+,24+/m1/s1. The molecular formula is C25H33FN2O4S. The highest BCUT2D eigenvalue weighted by Crippen LogP contribution is 2.27. The summed E-state index contributed by atoms with van der Waals surface area (Å²) in [5.41, 5.74) is 8.09. The minimum Gasteiger partial charge on any atom is -0.396 e. The molecule has 8 heteroatoms. The fraction of sp³-hybridized carbons (Fsp3) is 0.480. The first kappa shape index (κ1) is 25.3. The predicted molar refractivity (Wildman–Crippen MR) is 128 cm³/mol. The van der Waals surface area contributed by atoms with Gasteiger partial charge in [0.2, 0.25) is 0 Å². The van der Waals surface area contributed by atoms with Gasteiger partial charge in [-0.15, -0.1) is 0 Å². The van der Waals surface area contributed by atoms with E-state index in [1.165, 1.54) is 24.6 Å². The molecule has 0 aliphatic carbocycles. The summed E-state index contributed by atoms with van der Waals surface area (Å²) in [4.78, 5) is 11.8. The van der Waals surface area contributed by atoms with Crippen LogP contribution in [0, 0.1) is 11.7 Å². The van der Waals surface area contributed by atoms with Crippen LogP contribution in [0.2, 0.25) is 0 Å². The van der Waals surface area contributed by atoms with E-state index in [0.29, 0.717) is 12.1 Å². The number of anilines is 1. The number of hydrogen-bond acceptors (Lipinski definition) is 6. The smallest absolute Gasteiger partial charge is 0.161 e. The van der Waals surface area contributed by atoms with Gasteiger partial charge in [-0.2, -0.15) is 0 Å². The number of nitrogens with one attached hydrogen (secondary N) is 1. The van der Waals surface area contributed by atoms with Crippen LogP contribution in [0.15, 0.2) is 36.4 Å². The Bertz CT molecular complexity index is 1140. The number of benzene rings is 2. The highest BCUT2D eigenvalue weighted by Gasteiger charge is 2.39. The summed E-state index contributed by atoms with van der Waals surface area (Å²) in [6.45, 7) is 8.08. The average molecular weight is 477 g/mol. The summed E-state index contributed by atoms with van der Waals surface area (Å²) in [6, 6.07) is 10.1. The molecule has 1 aliphatic heterocycles. The topological polar surface area (TPSA) is 109 Å². The van der Waals surface area contributed by atoms with Gasteiger partial charge in [-0.05, 0) is 47.6 Å². The van der Waals surface area contributed by atoms with Gasteiger partial charge >= 0.3 is 0 Å². The number of carbonyl (C=O) groups is 1. The molecule has 1 heterocycles. The molecular weight excluding hydrogens is 443 g/mol. The Morgan fingerprint density at radius 3 is 2.52 bits per heavy atom. The van der Waals surface area contributed by atoms with Crippen molar-refractivity contribution >= 4 is 21.3 Å². The van der Waals surface area contributed by atoms with Crippen LogP contribution in [0.1, 0.15) is 54.7 Å². The van der Waals surface area contributed by atoms with E-state index in [-0.39, 0.29) is 40.4 Å². The number of rotatable bonds is 6. The van der Waals surface area contributed by atoms with Crippen molar-refractivity contribution < 1.29 is 22.7 Å². The molecule has 0 spiro atoms. The van der Waals surface area contributed by atoms with Crippen LogP contribution in [0.3, 0.4) is 0 Å². The number of aliphatic hydroxyl groups excluding tert-OH is 1. The third kappa shape index (κ3) is 6.19. The van der Waals surface area contributed by atoms with E-state index in [0.717, 1.165) is 5.56 Å². The van der Waals surface area contributed by atoms with Crippen LogP contribution in [-0.2, 0) is 28.2 Å². The molecule has 0 unspecified atom stereocenters. The maximum absolute atomic E-state index is 14.2. The maximum atomic E-state index is 14.2. The van der Waals surface area contributed by atoms with Gasteiger partial charge in [0, 0.05) is 24.1 Å². The van der Waals surface area contributed by atoms with Crippen LogP contribution >= 0.6 is 0 Å². The van der Waals surface area contributed by atoms with E-state index >= 15 is 0 Å². The highest BCUT2D eigenvalue weighted by atomic mass is 32.2. The summed E-state index contributed by atoms with van der Waals surface area (Å²) in [6.07, 6.45) is -0.823. The molecule has 1 saturated heterocycles. The maximum Gasteiger partial charge on any atom is 0.161 e. The number of nitrogens with two attached hydrogens (primary N) is 1. The van der Waals surface area contributed by atoms with Crippen LogP contribution in [0.4, 0.5) is 10.1 Å². The first-order valence-electron chi connectivity index (χ1n) is 11.1. The van der Waals surface area contributed by atoms with Gasteiger partial charge in [-0.25, -0.2) is 12.8 Å². The molecule has 3 rings (SSSR count). The van der Waals surface area contributed by atoms with Gasteiger partial charge in [0.1, 0.15) is 5.82 Å². The number of ketones is 1. The van der Waals surface area contributed by atoms with Crippen LogP contribution in [0.25, 0.3) is 0 Å². The van der Waals surface area contributed by atoms with Gasteiger partial charge in [0.25, 0.3) is 0 Å². The van der Waals surface area contributed by atoms with E-state index in [4.69, 9.17) is 5.73 Å². The second-order valence-corrected chi connectivity index (χ2v) is 12.2. The Morgan fingerprint density at radius 2 is 1.88 bits per heavy atom. The molecule has 0 radical (unpaired) electrons. The number of hydrogen-bond donors (Lipinski definition) is 3. The zero-order valence-electron chi connectivity index (χ0n) is 19.6. The molecule has 1 aliphatic rings. The summed E-state index contributed by atoms with van der Waals surface area (Å²) >= 11 is 0. The van der Waals surface area contributed by atoms with E-state index in [2.05, 4.69) is 38.2 Å². The molecule has 2 aromatic rings. The van der Waals surface area contributed by atoms with Crippen molar-refractivity contribution in [3.63, 3.8) is 0 Å². The molecule has 3 atom stereocenters. The van der Waals surface area contributed by atoms with Crippen LogP contribution in [0.5, 0.6) is 0 Å². The number of nitrogen functional groups attached to an aromatic ring is 1. The zero-order chi connectivity index (χ0) is 24.6. The van der Waals surface area contributed by atoms with Crippen molar-refractivity contribution in [1.82, 2.24) is 5.32 Å². The van der Waals surface area contributed by atoms with Gasteiger partial charge in [0.15, 0.2) is 15.6 Å². The normalized spacial score (nSPS) is 22.8. The predicted octanol–water partition coefficient (Wildman–Crippen LogP) is 3.01. The SMILES string of the molecule is CC(=O)c1cc(C[C@@H]2CS(=O)(=O)C[C@H](NCc3cccc(C(C)(C)C)c3)[C@H]2O)cc(F)c1N. The summed E-state index contributed by atoms with van der Waals surface area (Å²) in [7, 11) is -3.42. The lowest BCUT2D eigenvalue weighted by atomic mass is 9.86. The minimum absolute atomic E-state index is 0.0120. The van der Waals surface area contributed by atoms with Gasteiger partial charge in [-0.3, -0.25) is 4.79 Å². The molecule has 0 amide bonds. The summed E-state index contributed by atoms with van der Waals surface area (Å²) in [5, 5.41) is 14.2. The number of carbonyl (C=O) groups excluding carboxylic acids is 1. The Balaban J connectivity index is 1.78. The van der Waals surface area contributed by atoms with Gasteiger partial charge < -0.3 is 16.2 Å². The Labute approximate surface area is 195 Å². The van der Waals surface area contributed by atoms with E-state index in [9.17, 15) is 22.7 Å². The fourth-order valence-electron chi connectivity index (χ4n) is 4.34. The monoisotopic (exact) mass is 476 g/mol. The highest BCUT2D eigenvalue weighted by molar-refractivity contribution is 7.91. The number of halogens is 1. The summed E-state index contributed by atoms with van der Waals surface area (Å²) < 4.78 is 39.4. The van der Waals surface area contributed by atoms with Crippen LogP contribution < -0.4 is 11.1 Å². The number of aliphatic hydroxyl groups is 1. The zero-order valence-corrected chi connectivity index (χ0v) is 20.4. The average Bonchev–Trinajstić information content (AvgIpc) is 2.71. The van der Waals surface area contributed by atoms with Crippen molar-refractivity contribution in [1.29, 1.82) is 0 Å². The van der Waals surface area contributed by atoms with E-state index < -0.39 is 33.7 Å². The lowest BCUT2D eigenvalue weighted by Crippen LogP contribution is -2.54. The number of sulfone groups is 1. The second-order valence-electron chi connectivity index (χ2n) is 10.1. The lowest BCUT2D eigenvalue weighted by molar-refractivity contribution is 0.0780. The molecule has 33 heavy (non-hydrogen) atoms. The van der Waals surface area contributed by atoms with Gasteiger partial charge in [0.05, 0.1) is 23.3 Å². The van der Waals surface area contributed by atoms with Gasteiger partial charge in [-0.1, -0.05) is 45.0 Å². The van der Waals surface area contributed by atoms with Crippen molar-refractivity contribution in [3.8, 4) is 0 Å². The van der Waals surface area contributed by atoms with Crippen molar-refractivity contribution in [2.75, 3.05) is 17.2 Å². The molecule has 180 valence electrons. The van der Waals surface area contributed by atoms with Crippen molar-refractivity contribution in [2.24, 2.45) is 5.92 Å². The second kappa shape index (κ2) is 9.52. The molecule has 2 aromatic carbocycles. The largest absolute Gasteiger partial charge is 0.396 e. The molecule has 4 N–H and O–H groups in total. The van der Waals surface area contributed by atoms with Crippen LogP contribution in [-0.4, -0.2) is 43.0 Å². The Kier molecular flexibility index (Phi) is 7.31. The molecule has 0 saturated carbocycles. The lowest BCUT2D eigenvalue weighted by Gasteiger charge is -2.35. The van der Waals surface area contributed by atoms with Crippen molar-refractivity contribution in [3.05, 3.63) is 64.5 Å². The quantitative estimate of drug-likeness (QED) is 0.437.